The van der Waals surface area contributed by atoms with Gasteiger partial charge in [0, 0.05) is 17.2 Å². The zero-order valence-corrected chi connectivity index (χ0v) is 20.3. The first-order valence-corrected chi connectivity index (χ1v) is 11.2. The average molecular weight is 405 g/mol. The van der Waals surface area contributed by atoms with Crippen LogP contribution in [0.25, 0.3) is 11.3 Å². The molecule has 1 aliphatic carbocycles. The second kappa shape index (κ2) is 6.43. The fourth-order valence-electron chi connectivity index (χ4n) is 4.87. The van der Waals surface area contributed by atoms with E-state index < -0.39 is 0 Å². The van der Waals surface area contributed by atoms with E-state index in [1.165, 1.54) is 16.7 Å². The van der Waals surface area contributed by atoms with E-state index in [0.717, 1.165) is 16.7 Å². The van der Waals surface area contributed by atoms with Crippen molar-refractivity contribution in [2.24, 2.45) is 5.41 Å². The van der Waals surface area contributed by atoms with Crippen LogP contribution in [-0.4, -0.2) is 23.3 Å². The lowest BCUT2D eigenvalue weighted by Gasteiger charge is -2.38. The molecule has 30 heavy (non-hydrogen) atoms. The molecule has 3 nitrogen and oxygen atoms in total. The van der Waals surface area contributed by atoms with Crippen molar-refractivity contribution in [3.63, 3.8) is 0 Å². The Morgan fingerprint density at radius 1 is 0.900 bits per heavy atom. The molecule has 1 saturated heterocycles. The summed E-state index contributed by atoms with van der Waals surface area (Å²) in [5.41, 5.74) is 6.94. The molecule has 4 rings (SSSR count). The summed E-state index contributed by atoms with van der Waals surface area (Å²) >= 11 is 0. The number of rotatable bonds is 2. The monoisotopic (exact) mass is 405 g/mol. The lowest BCUT2D eigenvalue weighted by Crippen LogP contribution is -2.41. The highest BCUT2D eigenvalue weighted by Gasteiger charge is 2.52. The van der Waals surface area contributed by atoms with Gasteiger partial charge < -0.3 is 9.31 Å². The van der Waals surface area contributed by atoms with E-state index in [0.29, 0.717) is 5.92 Å². The molecule has 160 valence electrons. The summed E-state index contributed by atoms with van der Waals surface area (Å²) in [5.74, 6) is 0.507. The van der Waals surface area contributed by atoms with E-state index >= 15 is 0 Å². The van der Waals surface area contributed by atoms with E-state index in [2.05, 4.69) is 93.5 Å². The molecule has 2 heterocycles. The first-order chi connectivity index (χ1) is 13.7. The SMILES string of the molecule is Cc1cc(-c2ccc3c(c2)C(C)C(C)(C)C3(C)C)ncc1B1OC(C)(C)C(C)(C)O1. The Balaban J connectivity index is 1.68. The van der Waals surface area contributed by atoms with E-state index in [1.807, 2.05) is 6.20 Å². The normalized spacial score (nSPS) is 25.4. The van der Waals surface area contributed by atoms with Crippen LogP contribution in [0.3, 0.4) is 0 Å². The number of pyridine rings is 1. The van der Waals surface area contributed by atoms with Crippen molar-refractivity contribution < 1.29 is 9.31 Å². The van der Waals surface area contributed by atoms with Crippen LogP contribution in [0, 0.1) is 12.3 Å². The van der Waals surface area contributed by atoms with Crippen LogP contribution >= 0.6 is 0 Å². The molecule has 4 heteroatoms. The number of hydrogen-bond acceptors (Lipinski definition) is 3. The lowest BCUT2D eigenvalue weighted by atomic mass is 9.65. The summed E-state index contributed by atoms with van der Waals surface area (Å²) in [6, 6.07) is 9.06. The van der Waals surface area contributed by atoms with Crippen molar-refractivity contribution >= 4 is 12.6 Å². The van der Waals surface area contributed by atoms with Crippen LogP contribution in [0.1, 0.15) is 84.9 Å². The summed E-state index contributed by atoms with van der Waals surface area (Å²) in [6.07, 6.45) is 1.93. The lowest BCUT2D eigenvalue weighted by molar-refractivity contribution is 0.00578. The number of benzene rings is 1. The highest BCUT2D eigenvalue weighted by molar-refractivity contribution is 6.62. The summed E-state index contributed by atoms with van der Waals surface area (Å²) in [5, 5.41) is 0. The Morgan fingerprint density at radius 3 is 2.07 bits per heavy atom. The number of nitrogens with zero attached hydrogens (tertiary/aromatic N) is 1. The largest absolute Gasteiger partial charge is 0.496 e. The zero-order chi connectivity index (χ0) is 22.3. The molecule has 0 radical (unpaired) electrons. The molecule has 0 amide bonds. The van der Waals surface area contributed by atoms with Gasteiger partial charge in [-0.05, 0) is 80.2 Å². The van der Waals surface area contributed by atoms with Gasteiger partial charge in [0.25, 0.3) is 0 Å². The molecule has 1 aromatic carbocycles. The average Bonchev–Trinajstić information content (AvgIpc) is 2.94. The van der Waals surface area contributed by atoms with Crippen molar-refractivity contribution in [2.45, 2.75) is 91.8 Å². The van der Waals surface area contributed by atoms with Gasteiger partial charge in [-0.1, -0.05) is 46.8 Å². The Hall–Kier alpha value is -1.65. The molecule has 1 aliphatic heterocycles. The maximum atomic E-state index is 6.23. The highest BCUT2D eigenvalue weighted by Crippen LogP contribution is 2.58. The molecule has 0 spiro atoms. The summed E-state index contributed by atoms with van der Waals surface area (Å²) in [7, 11) is -0.377. The van der Waals surface area contributed by atoms with Crippen LogP contribution in [0.5, 0.6) is 0 Å². The molecule has 1 fully saturated rings. The van der Waals surface area contributed by atoms with Crippen LogP contribution in [0.4, 0.5) is 0 Å². The summed E-state index contributed by atoms with van der Waals surface area (Å²) in [6.45, 7) is 22.3. The number of aromatic nitrogens is 1. The molecule has 0 saturated carbocycles. The molecule has 1 atom stereocenters. The molecular formula is C26H36BNO2. The Labute approximate surface area is 182 Å². The molecule has 2 aromatic rings. The van der Waals surface area contributed by atoms with E-state index in [1.54, 1.807) is 0 Å². The summed E-state index contributed by atoms with van der Waals surface area (Å²) < 4.78 is 12.5. The second-order valence-electron chi connectivity index (χ2n) is 11.4. The molecule has 0 bridgehead atoms. The van der Waals surface area contributed by atoms with Gasteiger partial charge in [0.15, 0.2) is 0 Å². The van der Waals surface area contributed by atoms with Gasteiger partial charge in [-0.25, -0.2) is 0 Å². The third kappa shape index (κ3) is 2.91. The van der Waals surface area contributed by atoms with Crippen molar-refractivity contribution in [1.29, 1.82) is 0 Å². The van der Waals surface area contributed by atoms with Gasteiger partial charge in [0.05, 0.1) is 16.9 Å². The van der Waals surface area contributed by atoms with Crippen molar-refractivity contribution in [3.05, 3.63) is 47.2 Å². The van der Waals surface area contributed by atoms with Crippen LogP contribution in [-0.2, 0) is 14.7 Å². The number of fused-ring (bicyclic) bond motifs is 1. The van der Waals surface area contributed by atoms with Crippen LogP contribution < -0.4 is 5.46 Å². The van der Waals surface area contributed by atoms with Crippen LogP contribution in [0.2, 0.25) is 0 Å². The number of aryl methyl sites for hydroxylation is 1. The molecular weight excluding hydrogens is 369 g/mol. The Kier molecular flexibility index (Phi) is 4.63. The van der Waals surface area contributed by atoms with Gasteiger partial charge in [0.2, 0.25) is 0 Å². The van der Waals surface area contributed by atoms with Gasteiger partial charge >= 0.3 is 7.12 Å². The second-order valence-corrected chi connectivity index (χ2v) is 11.4. The smallest absolute Gasteiger partial charge is 0.399 e. The minimum atomic E-state index is -0.377. The highest BCUT2D eigenvalue weighted by atomic mass is 16.7. The van der Waals surface area contributed by atoms with E-state index in [-0.39, 0.29) is 29.2 Å². The standard InChI is InChI=1S/C26H36BNO2/c1-16-13-22(28-15-21(16)27-29-25(7,8)26(9,10)30-27)18-11-12-20-19(14-18)17(2)23(3,4)24(20,5)6/h11-15,17H,1-10H3. The molecule has 0 N–H and O–H groups in total. The van der Waals surface area contributed by atoms with E-state index in [4.69, 9.17) is 14.3 Å². The summed E-state index contributed by atoms with van der Waals surface area (Å²) in [4.78, 5) is 4.81. The van der Waals surface area contributed by atoms with Gasteiger partial charge in [-0.3, -0.25) is 4.98 Å². The van der Waals surface area contributed by atoms with Gasteiger partial charge in [0.1, 0.15) is 0 Å². The van der Waals surface area contributed by atoms with E-state index in [9.17, 15) is 0 Å². The maximum Gasteiger partial charge on any atom is 0.496 e. The third-order valence-electron chi connectivity index (χ3n) is 8.84. The third-order valence-corrected chi connectivity index (χ3v) is 8.84. The van der Waals surface area contributed by atoms with Gasteiger partial charge in [-0.15, -0.1) is 0 Å². The predicted molar refractivity (Wildman–Crippen MR) is 125 cm³/mol. The molecule has 1 unspecified atom stereocenters. The first kappa shape index (κ1) is 21.6. The van der Waals surface area contributed by atoms with Crippen molar-refractivity contribution in [3.8, 4) is 11.3 Å². The Morgan fingerprint density at radius 2 is 1.50 bits per heavy atom. The number of hydrogen-bond donors (Lipinski definition) is 0. The van der Waals surface area contributed by atoms with Crippen LogP contribution in [0.15, 0.2) is 30.5 Å². The van der Waals surface area contributed by atoms with Crippen molar-refractivity contribution in [1.82, 2.24) is 4.98 Å². The van der Waals surface area contributed by atoms with Gasteiger partial charge in [-0.2, -0.15) is 0 Å². The quantitative estimate of drug-likeness (QED) is 0.594. The maximum absolute atomic E-state index is 6.23. The van der Waals surface area contributed by atoms with Crippen molar-refractivity contribution in [2.75, 3.05) is 0 Å². The zero-order valence-electron chi connectivity index (χ0n) is 20.3. The topological polar surface area (TPSA) is 31.4 Å². The fraction of sp³-hybridized carbons (Fsp3) is 0.577. The fourth-order valence-corrected chi connectivity index (χ4v) is 4.87. The molecule has 2 aliphatic rings. The minimum Gasteiger partial charge on any atom is -0.399 e. The molecule has 1 aromatic heterocycles. The minimum absolute atomic E-state index is 0.157. The Bertz CT molecular complexity index is 990. The first-order valence-electron chi connectivity index (χ1n) is 11.2. The predicted octanol–water partition coefficient (Wildman–Crippen LogP) is 5.78.